The summed E-state index contributed by atoms with van der Waals surface area (Å²) < 4.78 is 109. The van der Waals surface area contributed by atoms with Gasteiger partial charge in [0.1, 0.15) is 97.6 Å². The van der Waals surface area contributed by atoms with Gasteiger partial charge in [-0.05, 0) is 0 Å². The monoisotopic (exact) mass is 1040 g/mol. The van der Waals surface area contributed by atoms with Crippen LogP contribution in [0.3, 0.4) is 0 Å². The van der Waals surface area contributed by atoms with Gasteiger partial charge in [0.25, 0.3) is 0 Å². The summed E-state index contributed by atoms with van der Waals surface area (Å²) in [4.78, 5) is 110. The van der Waals surface area contributed by atoms with Crippen molar-refractivity contribution in [3.63, 3.8) is 0 Å². The van der Waals surface area contributed by atoms with E-state index in [1.165, 1.54) is 0 Å². The summed E-state index contributed by atoms with van der Waals surface area (Å²) in [5.41, 5.74) is 0. The first-order chi connectivity index (χ1) is 29.7. The maximum absolute atomic E-state index is 15.4. The van der Waals surface area contributed by atoms with Crippen molar-refractivity contribution < 1.29 is 97.8 Å². The molecule has 0 aromatic rings. The molecule has 372 valence electrons. The van der Waals surface area contributed by atoms with E-state index in [0.29, 0.717) is 0 Å². The van der Waals surface area contributed by atoms with Crippen LogP contribution in [0, 0.1) is 121 Å². The van der Waals surface area contributed by atoms with Crippen molar-refractivity contribution in [2.24, 2.45) is 0 Å². The van der Waals surface area contributed by atoms with E-state index in [1.54, 1.807) is 0 Å². The highest BCUT2D eigenvalue weighted by Gasteiger charge is 2.73. The molecule has 1 rings (SSSR count). The Balaban J connectivity index is 4.89. The average Bonchev–Trinajstić information content (AvgIpc) is 3.20. The second kappa shape index (κ2) is 19.6. The van der Waals surface area contributed by atoms with E-state index in [9.17, 15) is 121 Å². The van der Waals surface area contributed by atoms with Crippen LogP contribution in [-0.2, 0) is 12.3 Å². The largest absolute Gasteiger partial charge is 0.613 e. The van der Waals surface area contributed by atoms with Crippen LogP contribution >= 0.6 is 0 Å². The molecule has 0 spiro atoms. The van der Waals surface area contributed by atoms with Gasteiger partial charge in [0.15, 0.2) is 0 Å². The van der Waals surface area contributed by atoms with E-state index in [1.807, 2.05) is 0 Å². The number of rotatable bonds is 30. The van der Waals surface area contributed by atoms with Gasteiger partial charge in [0.05, 0.1) is 0 Å². The Bertz CT molecular complexity index is 1630. The second-order valence-electron chi connectivity index (χ2n) is 13.4. The molecule has 1 heterocycles. The average molecular weight is 1040 g/mol. The molecular weight excluding hydrogens is 1010 g/mol. The topological polar surface area (TPSA) is 545 Å². The van der Waals surface area contributed by atoms with Gasteiger partial charge in [-0.3, -0.25) is 121 Å². The number of hydrogen-bond donors (Lipinski definition) is 0. The minimum atomic E-state index is -6.51. The lowest BCUT2D eigenvalue weighted by Crippen LogP contribution is -2.72. The zero-order chi connectivity index (χ0) is 52.0. The molecule has 0 N–H and O–H groups in total. The summed E-state index contributed by atoms with van der Waals surface area (Å²) in [5.74, 6) is -31.0. The molecule has 0 aliphatic carbocycles. The van der Waals surface area contributed by atoms with Crippen LogP contribution in [0.25, 0.3) is 0 Å². The third-order valence-corrected chi connectivity index (χ3v) is 24.4. The standard InChI is InChI=1S/C18H24F6N12O27Si3/c19-13(25(37)38,26(39)40)1-7-64(8-2-14(20,27(41)42)28(43)44)61-65(9-3-15(21,29(45)46)30(47)48,10-4-16(22,31(49)50)32(51)52)63-66(62-64,11-5-17(23,33(53)54)34(55)56)12-6-18(24,35(57)58)36(59)60/h1-12H2. The Morgan fingerprint density at radius 1 is 0.258 bits per heavy atom. The van der Waals surface area contributed by atoms with Crippen LogP contribution in [0.5, 0.6) is 0 Å². The highest BCUT2D eigenvalue weighted by Crippen LogP contribution is 2.49. The van der Waals surface area contributed by atoms with Gasteiger partial charge in [0, 0.05) is 36.3 Å². The summed E-state index contributed by atoms with van der Waals surface area (Å²) in [5, 5.41) is 139. The SMILES string of the molecule is O=[N+]([O-])C(F)(CC[Si]1(CCC(F)([N+](=O)[O-])[N+](=O)[O-])O[Si](CCC(F)([N+](=O)[O-])[N+](=O)[O-])(CCC(F)([N+](=O)[O-])[N+](=O)[O-])O[Si](CCC(F)([N+](=O)[O-])[N+](=O)[O-])(CCC(F)([N+](=O)[O-])[N+](=O)[O-])O1)[N+](=O)[O-]. The van der Waals surface area contributed by atoms with Crippen LogP contribution in [-0.4, -0.2) is 120 Å². The van der Waals surface area contributed by atoms with Crippen molar-refractivity contribution >= 4 is 25.7 Å². The predicted octanol–water partition coefficient (Wildman–Crippen LogP) is 1.78. The normalized spacial score (nSPS) is 16.3. The first-order valence-corrected chi connectivity index (χ1v) is 23.4. The maximum atomic E-state index is 15.4. The molecular formula is C18H24F6N12O27Si3. The molecule has 0 saturated carbocycles. The van der Waals surface area contributed by atoms with E-state index < -0.39 is 195 Å². The van der Waals surface area contributed by atoms with Gasteiger partial charge >= 0.3 is 61.2 Å². The van der Waals surface area contributed by atoms with Gasteiger partial charge in [-0.2, -0.15) is 0 Å². The zero-order valence-electron chi connectivity index (χ0n) is 31.6. The van der Waals surface area contributed by atoms with Crippen LogP contribution < -0.4 is 0 Å². The van der Waals surface area contributed by atoms with Crippen molar-refractivity contribution in [3.8, 4) is 0 Å². The lowest BCUT2D eigenvalue weighted by Gasteiger charge is -2.53. The molecule has 1 fully saturated rings. The van der Waals surface area contributed by atoms with Crippen molar-refractivity contribution in [3.05, 3.63) is 121 Å². The van der Waals surface area contributed by atoms with Gasteiger partial charge in [-0.15, -0.1) is 0 Å². The van der Waals surface area contributed by atoms with Crippen LogP contribution in [0.1, 0.15) is 38.5 Å². The minimum absolute atomic E-state index is 2.23. The number of alkyl halides is 6. The highest BCUT2D eigenvalue weighted by molar-refractivity contribution is 6.94. The third-order valence-electron chi connectivity index (χ3n) is 9.42. The summed E-state index contributed by atoms with van der Waals surface area (Å²) >= 11 is 0. The van der Waals surface area contributed by atoms with Crippen molar-refractivity contribution in [2.45, 2.75) is 110 Å². The molecule has 39 nitrogen and oxygen atoms in total. The molecule has 0 bridgehead atoms. The summed E-state index contributed by atoms with van der Waals surface area (Å²) in [6.07, 6.45) is -15.1. The molecule has 0 radical (unpaired) electrons. The molecule has 0 amide bonds. The number of nitrogens with zero attached hydrogens (tertiary/aromatic N) is 12. The Kier molecular flexibility index (Phi) is 16.9. The van der Waals surface area contributed by atoms with Crippen LogP contribution in [0.15, 0.2) is 0 Å². The maximum Gasteiger partial charge on any atom is 0.613 e. The number of halogens is 6. The van der Waals surface area contributed by atoms with Gasteiger partial charge in [-0.25, -0.2) is 0 Å². The molecule has 1 saturated heterocycles. The number of hydrogen-bond acceptors (Lipinski definition) is 27. The Hall–Kier alpha value is -7.09. The summed E-state index contributed by atoms with van der Waals surface area (Å²) in [6.45, 7) is 0. The summed E-state index contributed by atoms with van der Waals surface area (Å²) in [6, 6.07) is -13.4. The quantitative estimate of drug-likeness (QED) is 0.0247. The van der Waals surface area contributed by atoms with E-state index in [0.717, 1.165) is 0 Å². The van der Waals surface area contributed by atoms with Crippen LogP contribution in [0.2, 0.25) is 36.3 Å². The van der Waals surface area contributed by atoms with Gasteiger partial charge < -0.3 is 12.3 Å². The lowest BCUT2D eigenvalue weighted by atomic mass is 10.3. The molecule has 0 atom stereocenters. The van der Waals surface area contributed by atoms with E-state index in [-0.39, 0.29) is 0 Å². The van der Waals surface area contributed by atoms with Crippen molar-refractivity contribution in [2.75, 3.05) is 0 Å². The molecule has 1 aliphatic heterocycles. The first kappa shape index (κ1) is 56.9. The molecule has 0 aromatic heterocycles. The Morgan fingerprint density at radius 2 is 0.348 bits per heavy atom. The molecule has 1 aliphatic rings. The van der Waals surface area contributed by atoms with Crippen molar-refractivity contribution in [1.82, 2.24) is 0 Å². The fourth-order valence-electron chi connectivity index (χ4n) is 5.66. The van der Waals surface area contributed by atoms with Gasteiger partial charge in [0.2, 0.25) is 0 Å². The first-order valence-electron chi connectivity index (χ1n) is 16.7. The third kappa shape index (κ3) is 11.4. The fourth-order valence-corrected chi connectivity index (χ4v) is 25.3. The Morgan fingerprint density at radius 3 is 0.424 bits per heavy atom. The fraction of sp³-hybridized carbons (Fsp3) is 1.00. The molecule has 48 heteroatoms. The molecule has 0 unspecified atom stereocenters. The Labute approximate surface area is 355 Å². The summed E-state index contributed by atoms with van der Waals surface area (Å²) in [7, 11) is -19.5. The second-order valence-corrected chi connectivity index (χ2v) is 24.4. The smallest absolute Gasteiger partial charge is 0.415 e. The number of nitro groups is 12. The highest BCUT2D eigenvalue weighted by atomic mass is 28.5. The zero-order valence-corrected chi connectivity index (χ0v) is 34.6. The molecule has 66 heavy (non-hydrogen) atoms. The van der Waals surface area contributed by atoms with E-state index >= 15 is 26.3 Å². The lowest BCUT2D eigenvalue weighted by molar-refractivity contribution is -0.832. The van der Waals surface area contributed by atoms with Gasteiger partial charge in [-0.1, -0.05) is 26.3 Å². The molecule has 0 aromatic carbocycles. The predicted molar refractivity (Wildman–Crippen MR) is 184 cm³/mol. The minimum Gasteiger partial charge on any atom is -0.415 e. The van der Waals surface area contributed by atoms with Crippen molar-refractivity contribution in [1.29, 1.82) is 0 Å². The van der Waals surface area contributed by atoms with Crippen LogP contribution in [0.4, 0.5) is 26.3 Å². The van der Waals surface area contributed by atoms with E-state index in [4.69, 9.17) is 12.3 Å². The van der Waals surface area contributed by atoms with E-state index in [2.05, 4.69) is 0 Å².